The van der Waals surface area contributed by atoms with E-state index in [9.17, 15) is 14.4 Å². The van der Waals surface area contributed by atoms with E-state index in [2.05, 4.69) is 15.6 Å². The minimum Gasteiger partial charge on any atom is -0.493 e. The van der Waals surface area contributed by atoms with Crippen LogP contribution in [0.3, 0.4) is 0 Å². The van der Waals surface area contributed by atoms with Crippen molar-refractivity contribution in [3.05, 3.63) is 64.3 Å². The molecule has 2 N–H and O–H groups in total. The van der Waals surface area contributed by atoms with Gasteiger partial charge in [0.2, 0.25) is 5.91 Å². The fourth-order valence-electron chi connectivity index (χ4n) is 5.64. The number of amides is 3. The zero-order chi connectivity index (χ0) is 25.7. The molecule has 3 aromatic rings. The number of ether oxygens (including phenoxy) is 1. The summed E-state index contributed by atoms with van der Waals surface area (Å²) in [5.74, 6) is 1.28. The number of fused-ring (bicyclic) bond motifs is 2. The van der Waals surface area contributed by atoms with Gasteiger partial charge in [0.05, 0.1) is 22.5 Å². The number of nitrogens with one attached hydrogen (secondary N) is 2. The molecule has 3 atom stereocenters. The Balaban J connectivity index is 1.21. The van der Waals surface area contributed by atoms with Crippen LogP contribution in [0.15, 0.2) is 42.5 Å². The zero-order valence-electron chi connectivity index (χ0n) is 20.7. The van der Waals surface area contributed by atoms with Crippen LogP contribution >= 0.6 is 11.3 Å². The van der Waals surface area contributed by atoms with Crippen LogP contribution in [0.4, 0.5) is 5.69 Å². The average Bonchev–Trinajstić information content (AvgIpc) is 3.21. The third-order valence-corrected chi connectivity index (χ3v) is 8.42. The van der Waals surface area contributed by atoms with E-state index in [1.807, 2.05) is 54.3 Å². The van der Waals surface area contributed by atoms with Gasteiger partial charge in [-0.1, -0.05) is 18.2 Å². The fraction of sp³-hybridized carbons (Fsp3) is 0.357. The summed E-state index contributed by atoms with van der Waals surface area (Å²) < 4.78 is 5.60. The molecule has 3 amide bonds. The van der Waals surface area contributed by atoms with E-state index in [4.69, 9.17) is 4.74 Å². The number of carbonyl (C=O) groups excluding carboxylic acids is 3. The number of likely N-dealkylation sites (tertiary alicyclic amines) is 1. The van der Waals surface area contributed by atoms with E-state index < -0.39 is 0 Å². The summed E-state index contributed by atoms with van der Waals surface area (Å²) in [6.45, 7) is 5.05. The van der Waals surface area contributed by atoms with Crippen LogP contribution in [0, 0.1) is 18.8 Å². The Bertz CT molecular complexity index is 1420. The predicted octanol–water partition coefficient (Wildman–Crippen LogP) is 3.90. The molecule has 37 heavy (non-hydrogen) atoms. The number of anilines is 1. The van der Waals surface area contributed by atoms with Crippen LogP contribution in [0.5, 0.6) is 5.75 Å². The van der Waals surface area contributed by atoms with E-state index in [-0.39, 0.29) is 23.8 Å². The second-order valence-corrected chi connectivity index (χ2v) is 11.2. The summed E-state index contributed by atoms with van der Waals surface area (Å²) in [4.78, 5) is 45.7. The van der Waals surface area contributed by atoms with Gasteiger partial charge in [0, 0.05) is 43.2 Å². The maximum atomic E-state index is 13.8. The number of aromatic nitrogens is 1. The van der Waals surface area contributed by atoms with Crippen molar-refractivity contribution in [2.75, 3.05) is 25.0 Å². The molecule has 3 heterocycles. The highest BCUT2D eigenvalue weighted by Crippen LogP contribution is 2.50. The molecule has 0 radical (unpaired) electrons. The lowest BCUT2D eigenvalue weighted by atomic mass is 10.0. The standard InChI is InChI=1S/C28H28N4O4S/c1-15(33)30-19-6-3-5-17(11-19)26-25(31-16(2)37-26)28(35)32-14-18-12-22(18)23(32)13-29-27(34)21-7-4-8-24-20(21)9-10-36-24/h3-8,11,18,22-23H,9-10,12-14H2,1-2H3,(H,29,34)(H,30,33)/t18-,22-,23+/m0/s1. The second-order valence-electron chi connectivity index (χ2n) is 9.95. The average molecular weight is 517 g/mol. The Hall–Kier alpha value is -3.72. The maximum Gasteiger partial charge on any atom is 0.274 e. The van der Waals surface area contributed by atoms with Crippen LogP contribution in [0.1, 0.15) is 44.8 Å². The normalized spacial score (nSPS) is 21.1. The molecule has 1 saturated heterocycles. The van der Waals surface area contributed by atoms with Crippen LogP contribution in [-0.4, -0.2) is 53.3 Å². The molecule has 8 nitrogen and oxygen atoms in total. The molecule has 1 saturated carbocycles. The third-order valence-electron chi connectivity index (χ3n) is 7.40. The first kappa shape index (κ1) is 23.7. The molecule has 3 aliphatic rings. The van der Waals surface area contributed by atoms with Crippen molar-refractivity contribution < 1.29 is 19.1 Å². The molecule has 1 aromatic heterocycles. The Morgan fingerprint density at radius 1 is 1.19 bits per heavy atom. The number of piperidine rings is 1. The van der Waals surface area contributed by atoms with Crippen molar-refractivity contribution in [2.45, 2.75) is 32.7 Å². The Kier molecular flexibility index (Phi) is 5.95. The van der Waals surface area contributed by atoms with E-state index in [1.165, 1.54) is 18.3 Å². The largest absolute Gasteiger partial charge is 0.493 e. The summed E-state index contributed by atoms with van der Waals surface area (Å²) in [5, 5.41) is 6.70. The van der Waals surface area contributed by atoms with Crippen LogP contribution in [0.25, 0.3) is 10.4 Å². The number of carbonyl (C=O) groups is 3. The minimum atomic E-state index is -0.150. The van der Waals surface area contributed by atoms with Gasteiger partial charge in [-0.2, -0.15) is 0 Å². The number of thiazole rings is 1. The van der Waals surface area contributed by atoms with Gasteiger partial charge in [0.15, 0.2) is 0 Å². The van der Waals surface area contributed by atoms with Crippen molar-refractivity contribution in [1.82, 2.24) is 15.2 Å². The summed E-state index contributed by atoms with van der Waals surface area (Å²) in [6, 6.07) is 13.0. The van der Waals surface area contributed by atoms with Crippen molar-refractivity contribution >= 4 is 34.7 Å². The fourth-order valence-corrected chi connectivity index (χ4v) is 6.55. The number of aryl methyl sites for hydroxylation is 1. The zero-order valence-corrected chi connectivity index (χ0v) is 21.6. The minimum absolute atomic E-state index is 0.0602. The molecule has 2 fully saturated rings. The number of nitrogens with zero attached hydrogens (tertiary/aromatic N) is 2. The lowest BCUT2D eigenvalue weighted by Gasteiger charge is -2.27. The van der Waals surface area contributed by atoms with Gasteiger partial charge in [-0.3, -0.25) is 14.4 Å². The molecule has 0 bridgehead atoms. The highest BCUT2D eigenvalue weighted by molar-refractivity contribution is 7.15. The number of hydrogen-bond acceptors (Lipinski definition) is 6. The monoisotopic (exact) mass is 516 g/mol. The van der Waals surface area contributed by atoms with Gasteiger partial charge in [-0.25, -0.2) is 4.98 Å². The lowest BCUT2D eigenvalue weighted by molar-refractivity contribution is -0.114. The van der Waals surface area contributed by atoms with Crippen LogP contribution in [-0.2, 0) is 11.2 Å². The van der Waals surface area contributed by atoms with Gasteiger partial charge < -0.3 is 20.3 Å². The molecule has 2 aromatic carbocycles. The van der Waals surface area contributed by atoms with Crippen molar-refractivity contribution in [2.24, 2.45) is 11.8 Å². The van der Waals surface area contributed by atoms with Crippen molar-refractivity contribution in [3.63, 3.8) is 0 Å². The van der Waals surface area contributed by atoms with E-state index in [0.717, 1.165) is 39.6 Å². The highest BCUT2D eigenvalue weighted by atomic mass is 32.1. The number of rotatable bonds is 6. The summed E-state index contributed by atoms with van der Waals surface area (Å²) in [5.41, 5.74) is 3.55. The molecule has 190 valence electrons. The lowest BCUT2D eigenvalue weighted by Crippen LogP contribution is -2.45. The molecule has 9 heteroatoms. The van der Waals surface area contributed by atoms with E-state index in [0.29, 0.717) is 48.5 Å². The topological polar surface area (TPSA) is 101 Å². The number of benzene rings is 2. The smallest absolute Gasteiger partial charge is 0.274 e. The first-order chi connectivity index (χ1) is 17.9. The summed E-state index contributed by atoms with van der Waals surface area (Å²) in [6.07, 6.45) is 1.81. The highest BCUT2D eigenvalue weighted by Gasteiger charge is 2.54. The molecular formula is C28H28N4O4S. The first-order valence-electron chi connectivity index (χ1n) is 12.6. The molecule has 0 unspecified atom stereocenters. The summed E-state index contributed by atoms with van der Waals surface area (Å²) >= 11 is 1.47. The van der Waals surface area contributed by atoms with Gasteiger partial charge in [0.25, 0.3) is 11.8 Å². The third kappa shape index (κ3) is 4.48. The van der Waals surface area contributed by atoms with Crippen molar-refractivity contribution in [3.8, 4) is 16.2 Å². The molecular weight excluding hydrogens is 488 g/mol. The Morgan fingerprint density at radius 3 is 2.86 bits per heavy atom. The molecule has 2 aliphatic heterocycles. The maximum absolute atomic E-state index is 13.8. The molecule has 1 aliphatic carbocycles. The SMILES string of the molecule is CC(=O)Nc1cccc(-c2sc(C)nc2C(=O)N2C[C@@H]3C[C@@H]3[C@H]2CNC(=O)c2cccc3c2CCO3)c1. The quantitative estimate of drug-likeness (QED) is 0.518. The predicted molar refractivity (Wildman–Crippen MR) is 141 cm³/mol. The van der Waals surface area contributed by atoms with Gasteiger partial charge >= 0.3 is 0 Å². The van der Waals surface area contributed by atoms with Gasteiger partial charge in [0.1, 0.15) is 11.4 Å². The van der Waals surface area contributed by atoms with Crippen LogP contribution in [0.2, 0.25) is 0 Å². The first-order valence-corrected chi connectivity index (χ1v) is 13.4. The van der Waals surface area contributed by atoms with Crippen LogP contribution < -0.4 is 15.4 Å². The van der Waals surface area contributed by atoms with E-state index >= 15 is 0 Å². The van der Waals surface area contributed by atoms with Gasteiger partial charge in [-0.15, -0.1) is 11.3 Å². The van der Waals surface area contributed by atoms with Crippen molar-refractivity contribution in [1.29, 1.82) is 0 Å². The number of hydrogen-bond donors (Lipinski definition) is 2. The Labute approximate surface area is 219 Å². The van der Waals surface area contributed by atoms with E-state index in [1.54, 1.807) is 0 Å². The molecule has 6 rings (SSSR count). The van der Waals surface area contributed by atoms with Gasteiger partial charge in [-0.05, 0) is 55.0 Å². The Morgan fingerprint density at radius 2 is 2.03 bits per heavy atom. The summed E-state index contributed by atoms with van der Waals surface area (Å²) in [7, 11) is 0. The second kappa shape index (κ2) is 9.30. The molecule has 0 spiro atoms.